The quantitative estimate of drug-likeness (QED) is 0.458. The lowest BCUT2D eigenvalue weighted by Crippen LogP contribution is -1.95. The Balaban J connectivity index is 2.70. The number of hydrogen-bond donors (Lipinski definition) is 0. The number of fused-ring (bicyclic) bond motifs is 3. The minimum absolute atomic E-state index is 1.35. The summed E-state index contributed by atoms with van der Waals surface area (Å²) in [6.07, 6.45) is 0. The van der Waals surface area contributed by atoms with Crippen LogP contribution in [0.15, 0.2) is 30.3 Å². The zero-order valence-corrected chi connectivity index (χ0v) is 12.4. The highest BCUT2D eigenvalue weighted by Gasteiger charge is 2.12. The third-order valence-electron chi connectivity index (χ3n) is 4.72. The van der Waals surface area contributed by atoms with Crippen molar-refractivity contribution in [3.8, 4) is 0 Å². The minimum Gasteiger partial charge on any atom is -0.0614 e. The van der Waals surface area contributed by atoms with Gasteiger partial charge in [0.05, 0.1) is 0 Å². The summed E-state index contributed by atoms with van der Waals surface area (Å²) in [5.74, 6) is 0. The van der Waals surface area contributed by atoms with Crippen molar-refractivity contribution in [2.45, 2.75) is 34.6 Å². The van der Waals surface area contributed by atoms with E-state index in [0.29, 0.717) is 0 Å². The lowest BCUT2D eigenvalue weighted by Gasteiger charge is -2.17. The van der Waals surface area contributed by atoms with Gasteiger partial charge in [-0.15, -0.1) is 0 Å². The van der Waals surface area contributed by atoms with Gasteiger partial charge in [0, 0.05) is 0 Å². The molecule has 0 saturated carbocycles. The predicted molar refractivity (Wildman–Crippen MR) is 85.1 cm³/mol. The van der Waals surface area contributed by atoms with E-state index in [0.717, 1.165) is 0 Å². The fraction of sp³-hybridized carbons (Fsp3) is 0.263. The van der Waals surface area contributed by atoms with Crippen LogP contribution in [0.1, 0.15) is 27.8 Å². The Morgan fingerprint density at radius 1 is 0.579 bits per heavy atom. The van der Waals surface area contributed by atoms with Crippen LogP contribution >= 0.6 is 0 Å². The molecule has 0 radical (unpaired) electrons. The SMILES string of the molecule is Cc1c(C)c(C)c2c(ccc3cccc(C)c32)c1C. The smallest absolute Gasteiger partial charge is 0.00679 e. The molecule has 0 spiro atoms. The van der Waals surface area contributed by atoms with Gasteiger partial charge in [0.15, 0.2) is 0 Å². The van der Waals surface area contributed by atoms with Crippen LogP contribution in [0.5, 0.6) is 0 Å². The van der Waals surface area contributed by atoms with Crippen molar-refractivity contribution < 1.29 is 0 Å². The van der Waals surface area contributed by atoms with Gasteiger partial charge >= 0.3 is 0 Å². The fourth-order valence-electron chi connectivity index (χ4n) is 3.22. The molecule has 0 nitrogen and oxygen atoms in total. The van der Waals surface area contributed by atoms with Gasteiger partial charge in [-0.1, -0.05) is 30.3 Å². The van der Waals surface area contributed by atoms with Crippen LogP contribution in [0.3, 0.4) is 0 Å². The van der Waals surface area contributed by atoms with E-state index in [4.69, 9.17) is 0 Å². The molecule has 0 heteroatoms. The first-order chi connectivity index (χ1) is 9.02. The largest absolute Gasteiger partial charge is 0.0614 e. The summed E-state index contributed by atoms with van der Waals surface area (Å²) in [7, 11) is 0. The summed E-state index contributed by atoms with van der Waals surface area (Å²) in [6, 6.07) is 11.1. The Hall–Kier alpha value is -1.82. The van der Waals surface area contributed by atoms with Crippen molar-refractivity contribution >= 4 is 21.5 Å². The molecule has 96 valence electrons. The molecule has 3 aromatic rings. The van der Waals surface area contributed by atoms with Gasteiger partial charge in [0.2, 0.25) is 0 Å². The van der Waals surface area contributed by atoms with E-state index in [1.54, 1.807) is 0 Å². The highest BCUT2D eigenvalue weighted by molar-refractivity contribution is 6.12. The first-order valence-electron chi connectivity index (χ1n) is 6.90. The lowest BCUT2D eigenvalue weighted by atomic mass is 9.88. The van der Waals surface area contributed by atoms with Crippen LogP contribution in [0, 0.1) is 34.6 Å². The maximum Gasteiger partial charge on any atom is -0.00679 e. The van der Waals surface area contributed by atoms with Crippen molar-refractivity contribution in [2.24, 2.45) is 0 Å². The van der Waals surface area contributed by atoms with Gasteiger partial charge in [0.1, 0.15) is 0 Å². The summed E-state index contributed by atoms with van der Waals surface area (Å²) >= 11 is 0. The topological polar surface area (TPSA) is 0 Å². The van der Waals surface area contributed by atoms with E-state index in [9.17, 15) is 0 Å². The van der Waals surface area contributed by atoms with Crippen molar-refractivity contribution in [3.05, 3.63) is 58.1 Å². The molecule has 0 aliphatic carbocycles. The van der Waals surface area contributed by atoms with Crippen LogP contribution < -0.4 is 0 Å². The number of benzene rings is 3. The van der Waals surface area contributed by atoms with E-state index >= 15 is 0 Å². The van der Waals surface area contributed by atoms with Gasteiger partial charge in [0.25, 0.3) is 0 Å². The Morgan fingerprint density at radius 2 is 1.26 bits per heavy atom. The van der Waals surface area contributed by atoms with Crippen molar-refractivity contribution in [1.29, 1.82) is 0 Å². The molecule has 0 saturated heterocycles. The highest BCUT2D eigenvalue weighted by Crippen LogP contribution is 2.35. The third kappa shape index (κ3) is 1.59. The second kappa shape index (κ2) is 4.09. The lowest BCUT2D eigenvalue weighted by molar-refractivity contribution is 1.25. The van der Waals surface area contributed by atoms with Crippen LogP contribution in [-0.4, -0.2) is 0 Å². The van der Waals surface area contributed by atoms with E-state index < -0.39 is 0 Å². The number of hydrogen-bond acceptors (Lipinski definition) is 0. The average Bonchev–Trinajstić information content (AvgIpc) is 2.42. The van der Waals surface area contributed by atoms with Gasteiger partial charge in [-0.2, -0.15) is 0 Å². The minimum atomic E-state index is 1.35. The molecule has 0 amide bonds. The predicted octanol–water partition coefficient (Wildman–Crippen LogP) is 5.54. The number of aryl methyl sites for hydroxylation is 3. The highest BCUT2D eigenvalue weighted by atomic mass is 14.2. The molecule has 0 aromatic heterocycles. The maximum absolute atomic E-state index is 2.28. The van der Waals surface area contributed by atoms with Gasteiger partial charge < -0.3 is 0 Å². The zero-order valence-electron chi connectivity index (χ0n) is 12.4. The van der Waals surface area contributed by atoms with Crippen LogP contribution in [0.25, 0.3) is 21.5 Å². The molecule has 3 aromatic carbocycles. The summed E-state index contributed by atoms with van der Waals surface area (Å²) in [4.78, 5) is 0. The van der Waals surface area contributed by atoms with Crippen LogP contribution in [0.2, 0.25) is 0 Å². The van der Waals surface area contributed by atoms with E-state index in [-0.39, 0.29) is 0 Å². The molecule has 0 atom stereocenters. The van der Waals surface area contributed by atoms with E-state index in [2.05, 4.69) is 65.0 Å². The summed E-state index contributed by atoms with van der Waals surface area (Å²) in [6.45, 7) is 11.2. The second-order valence-electron chi connectivity index (χ2n) is 5.66. The Labute approximate surface area is 115 Å². The molecule has 0 unspecified atom stereocenters. The molecule has 0 bridgehead atoms. The van der Waals surface area contributed by atoms with Gasteiger partial charge in [-0.25, -0.2) is 0 Å². The molecule has 0 fully saturated rings. The van der Waals surface area contributed by atoms with E-state index in [1.807, 2.05) is 0 Å². The van der Waals surface area contributed by atoms with E-state index in [1.165, 1.54) is 49.4 Å². The first kappa shape index (κ1) is 12.2. The molecular formula is C19H20. The summed E-state index contributed by atoms with van der Waals surface area (Å²) in [5, 5.41) is 5.61. The second-order valence-corrected chi connectivity index (χ2v) is 5.66. The van der Waals surface area contributed by atoms with Crippen molar-refractivity contribution in [2.75, 3.05) is 0 Å². The number of rotatable bonds is 0. The molecule has 0 aliphatic rings. The maximum atomic E-state index is 2.28. The standard InChI is InChI=1S/C19H20/c1-11-7-6-8-16-9-10-17-14(4)12(2)13(3)15(5)19(17)18(11)16/h6-10H,1-5H3. The summed E-state index contributed by atoms with van der Waals surface area (Å²) < 4.78 is 0. The fourth-order valence-corrected chi connectivity index (χ4v) is 3.22. The Kier molecular flexibility index (Phi) is 2.63. The molecule has 0 aliphatic heterocycles. The molecule has 3 rings (SSSR count). The third-order valence-corrected chi connectivity index (χ3v) is 4.72. The van der Waals surface area contributed by atoms with Crippen LogP contribution in [-0.2, 0) is 0 Å². The van der Waals surface area contributed by atoms with Crippen LogP contribution in [0.4, 0.5) is 0 Å². The Bertz CT molecular complexity index is 807. The first-order valence-corrected chi connectivity index (χ1v) is 6.90. The summed E-state index contributed by atoms with van der Waals surface area (Å²) in [5.41, 5.74) is 7.08. The van der Waals surface area contributed by atoms with Crippen molar-refractivity contribution in [1.82, 2.24) is 0 Å². The van der Waals surface area contributed by atoms with Gasteiger partial charge in [-0.3, -0.25) is 0 Å². The molecule has 0 heterocycles. The van der Waals surface area contributed by atoms with Crippen molar-refractivity contribution in [3.63, 3.8) is 0 Å². The Morgan fingerprint density at radius 3 is 2.00 bits per heavy atom. The monoisotopic (exact) mass is 248 g/mol. The normalized spacial score (nSPS) is 11.4. The zero-order chi connectivity index (χ0) is 13.7. The average molecular weight is 248 g/mol. The molecule has 0 N–H and O–H groups in total. The van der Waals surface area contributed by atoms with Gasteiger partial charge in [-0.05, 0) is 84.0 Å². The molecular weight excluding hydrogens is 228 g/mol. The molecule has 19 heavy (non-hydrogen) atoms.